The van der Waals surface area contributed by atoms with E-state index in [2.05, 4.69) is 19.2 Å². The maximum Gasteiger partial charge on any atom is 0.154 e. The summed E-state index contributed by atoms with van der Waals surface area (Å²) < 4.78 is 0. The summed E-state index contributed by atoms with van der Waals surface area (Å²) >= 11 is 0. The molecule has 0 aromatic heterocycles. The molecule has 0 saturated carbocycles. The van der Waals surface area contributed by atoms with Gasteiger partial charge in [-0.2, -0.15) is 0 Å². The molecule has 0 aliphatic carbocycles. The molecule has 2 nitrogen and oxygen atoms in total. The molecule has 1 aliphatic heterocycles. The fraction of sp³-hybridized carbons (Fsp3) is 0.875. The minimum Gasteiger partial charge on any atom is -0.305 e. The summed E-state index contributed by atoms with van der Waals surface area (Å²) in [6, 6.07) is 0. The van der Waals surface area contributed by atoms with Crippen LogP contribution in [0.4, 0.5) is 0 Å². The Hall–Kier alpha value is -0.370. The number of Topliss-reactive ketones (excluding diaryl/α,β-unsaturated/α-hetero) is 1. The molecule has 1 fully saturated rings. The van der Waals surface area contributed by atoms with Crippen LogP contribution in [0.2, 0.25) is 0 Å². The van der Waals surface area contributed by atoms with Crippen LogP contribution < -0.4 is 5.32 Å². The van der Waals surface area contributed by atoms with Crippen molar-refractivity contribution in [2.24, 2.45) is 5.92 Å². The highest BCUT2D eigenvalue weighted by Crippen LogP contribution is 2.22. The minimum atomic E-state index is -0.236. The Morgan fingerprint density at radius 2 is 2.20 bits per heavy atom. The molecule has 2 heteroatoms. The van der Waals surface area contributed by atoms with E-state index < -0.39 is 0 Å². The monoisotopic (exact) mass is 141 g/mol. The Bertz CT molecular complexity index is 153. The Kier molecular flexibility index (Phi) is 1.82. The Labute approximate surface area is 62.0 Å². The zero-order valence-electron chi connectivity index (χ0n) is 6.90. The fourth-order valence-electron chi connectivity index (χ4n) is 1.32. The predicted octanol–water partition coefficient (Wildman–Crippen LogP) is 0.964. The van der Waals surface area contributed by atoms with Crippen molar-refractivity contribution in [3.05, 3.63) is 0 Å². The van der Waals surface area contributed by atoms with Crippen LogP contribution in [-0.2, 0) is 4.79 Å². The summed E-state index contributed by atoms with van der Waals surface area (Å²) in [4.78, 5) is 11.3. The van der Waals surface area contributed by atoms with E-state index in [9.17, 15) is 4.79 Å². The first-order valence-electron chi connectivity index (χ1n) is 3.85. The SMILES string of the molecule is CC(C)[C@]1(C)NCCC1=O. The first-order chi connectivity index (χ1) is 4.57. The summed E-state index contributed by atoms with van der Waals surface area (Å²) in [7, 11) is 0. The van der Waals surface area contributed by atoms with Crippen LogP contribution in [0.3, 0.4) is 0 Å². The van der Waals surface area contributed by atoms with Gasteiger partial charge in [-0.05, 0) is 12.8 Å². The minimum absolute atomic E-state index is 0.236. The summed E-state index contributed by atoms with van der Waals surface area (Å²) in [6.07, 6.45) is 0.703. The van der Waals surface area contributed by atoms with Crippen LogP contribution in [0, 0.1) is 5.92 Å². The molecular weight excluding hydrogens is 126 g/mol. The van der Waals surface area contributed by atoms with E-state index >= 15 is 0 Å². The molecule has 0 radical (unpaired) electrons. The normalized spacial score (nSPS) is 33.8. The van der Waals surface area contributed by atoms with Gasteiger partial charge >= 0.3 is 0 Å². The van der Waals surface area contributed by atoms with Crippen LogP contribution in [0.5, 0.6) is 0 Å². The van der Waals surface area contributed by atoms with Gasteiger partial charge in [-0.15, -0.1) is 0 Å². The standard InChI is InChI=1S/C8H15NO/c1-6(2)8(3)7(10)4-5-9-8/h6,9H,4-5H2,1-3H3/t8-/m0/s1. The van der Waals surface area contributed by atoms with Gasteiger partial charge in [-0.25, -0.2) is 0 Å². The molecule has 0 aromatic rings. The number of hydrogen-bond acceptors (Lipinski definition) is 2. The Morgan fingerprint density at radius 3 is 2.40 bits per heavy atom. The average molecular weight is 141 g/mol. The van der Waals surface area contributed by atoms with E-state index in [-0.39, 0.29) is 5.54 Å². The highest BCUT2D eigenvalue weighted by molar-refractivity contribution is 5.90. The van der Waals surface area contributed by atoms with Crippen LogP contribution >= 0.6 is 0 Å². The molecular formula is C8H15NO. The summed E-state index contributed by atoms with van der Waals surface area (Å²) in [5.41, 5.74) is -0.236. The molecule has 1 aliphatic rings. The van der Waals surface area contributed by atoms with Gasteiger partial charge in [0, 0.05) is 13.0 Å². The van der Waals surface area contributed by atoms with E-state index in [0.29, 0.717) is 18.1 Å². The number of carbonyl (C=O) groups is 1. The van der Waals surface area contributed by atoms with Crippen LogP contribution in [0.15, 0.2) is 0 Å². The van der Waals surface area contributed by atoms with E-state index in [4.69, 9.17) is 0 Å². The average Bonchev–Trinajstić information content (AvgIpc) is 2.15. The second kappa shape index (κ2) is 2.35. The first kappa shape index (κ1) is 7.73. The molecule has 1 N–H and O–H groups in total. The molecule has 58 valence electrons. The molecule has 1 saturated heterocycles. The van der Waals surface area contributed by atoms with Crippen LogP contribution in [-0.4, -0.2) is 17.9 Å². The Morgan fingerprint density at radius 1 is 1.60 bits per heavy atom. The lowest BCUT2D eigenvalue weighted by atomic mass is 9.86. The zero-order valence-corrected chi connectivity index (χ0v) is 6.90. The van der Waals surface area contributed by atoms with Crippen molar-refractivity contribution in [1.82, 2.24) is 5.32 Å². The highest BCUT2D eigenvalue weighted by atomic mass is 16.1. The lowest BCUT2D eigenvalue weighted by Gasteiger charge is -2.26. The van der Waals surface area contributed by atoms with E-state index in [1.54, 1.807) is 0 Å². The van der Waals surface area contributed by atoms with E-state index in [1.807, 2.05) is 6.92 Å². The first-order valence-corrected chi connectivity index (χ1v) is 3.85. The maximum absolute atomic E-state index is 11.3. The van der Waals surface area contributed by atoms with E-state index in [0.717, 1.165) is 6.54 Å². The quantitative estimate of drug-likeness (QED) is 0.589. The molecule has 1 atom stereocenters. The third-order valence-corrected chi connectivity index (χ3v) is 2.58. The number of rotatable bonds is 1. The fourth-order valence-corrected chi connectivity index (χ4v) is 1.32. The van der Waals surface area contributed by atoms with Gasteiger partial charge in [0.15, 0.2) is 5.78 Å². The topological polar surface area (TPSA) is 29.1 Å². The Balaban J connectivity index is 2.75. The van der Waals surface area contributed by atoms with Crippen molar-refractivity contribution in [2.75, 3.05) is 6.54 Å². The summed E-state index contributed by atoms with van der Waals surface area (Å²) in [5.74, 6) is 0.769. The number of ketones is 1. The molecule has 0 unspecified atom stereocenters. The summed E-state index contributed by atoms with van der Waals surface area (Å²) in [6.45, 7) is 7.01. The number of hydrogen-bond donors (Lipinski definition) is 1. The second-order valence-electron chi connectivity index (χ2n) is 3.46. The van der Waals surface area contributed by atoms with Crippen molar-refractivity contribution in [2.45, 2.75) is 32.7 Å². The third-order valence-electron chi connectivity index (χ3n) is 2.58. The highest BCUT2D eigenvalue weighted by Gasteiger charge is 2.39. The van der Waals surface area contributed by atoms with Crippen LogP contribution in [0.25, 0.3) is 0 Å². The molecule has 10 heavy (non-hydrogen) atoms. The third kappa shape index (κ3) is 0.966. The number of carbonyl (C=O) groups excluding carboxylic acids is 1. The van der Waals surface area contributed by atoms with Gasteiger partial charge in [0.25, 0.3) is 0 Å². The largest absolute Gasteiger partial charge is 0.305 e. The predicted molar refractivity (Wildman–Crippen MR) is 40.9 cm³/mol. The number of nitrogens with one attached hydrogen (secondary N) is 1. The van der Waals surface area contributed by atoms with Crippen molar-refractivity contribution in [3.8, 4) is 0 Å². The molecule has 0 bridgehead atoms. The lowest BCUT2D eigenvalue weighted by molar-refractivity contribution is -0.123. The van der Waals surface area contributed by atoms with Gasteiger partial charge in [0.1, 0.15) is 0 Å². The molecule has 1 heterocycles. The van der Waals surface area contributed by atoms with Gasteiger partial charge in [-0.1, -0.05) is 13.8 Å². The molecule has 0 spiro atoms. The van der Waals surface area contributed by atoms with Gasteiger partial charge in [0.05, 0.1) is 5.54 Å². The van der Waals surface area contributed by atoms with Crippen molar-refractivity contribution >= 4 is 5.78 Å². The molecule has 0 amide bonds. The van der Waals surface area contributed by atoms with Gasteiger partial charge in [-0.3, -0.25) is 4.79 Å². The smallest absolute Gasteiger partial charge is 0.154 e. The maximum atomic E-state index is 11.3. The van der Waals surface area contributed by atoms with E-state index in [1.165, 1.54) is 0 Å². The van der Waals surface area contributed by atoms with Gasteiger partial charge in [0.2, 0.25) is 0 Å². The second-order valence-corrected chi connectivity index (χ2v) is 3.46. The van der Waals surface area contributed by atoms with Crippen molar-refractivity contribution in [1.29, 1.82) is 0 Å². The molecule has 0 aromatic carbocycles. The van der Waals surface area contributed by atoms with Crippen molar-refractivity contribution < 1.29 is 4.79 Å². The zero-order chi connectivity index (χ0) is 7.78. The van der Waals surface area contributed by atoms with Gasteiger partial charge < -0.3 is 5.32 Å². The molecule has 1 rings (SSSR count). The van der Waals surface area contributed by atoms with Crippen molar-refractivity contribution in [3.63, 3.8) is 0 Å². The lowest BCUT2D eigenvalue weighted by Crippen LogP contribution is -2.46. The summed E-state index contributed by atoms with van der Waals surface area (Å²) in [5, 5.41) is 3.23. The van der Waals surface area contributed by atoms with Crippen LogP contribution in [0.1, 0.15) is 27.2 Å².